The monoisotopic (exact) mass is 523 g/mol. The minimum absolute atomic E-state index is 0.0103. The number of ether oxygens (including phenoxy) is 1. The van der Waals surface area contributed by atoms with Crippen molar-refractivity contribution in [1.82, 2.24) is 10.6 Å². The lowest BCUT2D eigenvalue weighted by molar-refractivity contribution is -0.114. The van der Waals surface area contributed by atoms with Gasteiger partial charge in [0.1, 0.15) is 11.5 Å². The van der Waals surface area contributed by atoms with Crippen molar-refractivity contribution in [1.29, 1.82) is 0 Å². The van der Waals surface area contributed by atoms with Crippen molar-refractivity contribution in [2.24, 2.45) is 5.16 Å². The first-order valence-electron chi connectivity index (χ1n) is 9.50. The summed E-state index contributed by atoms with van der Waals surface area (Å²) in [6, 6.07) is 4.80. The molecule has 170 valence electrons. The average Bonchev–Trinajstić information content (AvgIpc) is 2.71. The molecule has 4 N–H and O–H groups in total. The summed E-state index contributed by atoms with van der Waals surface area (Å²) in [5.74, 6) is 1.03. The van der Waals surface area contributed by atoms with Crippen LogP contribution in [0.2, 0.25) is 0 Å². The van der Waals surface area contributed by atoms with Crippen LogP contribution in [0.3, 0.4) is 0 Å². The van der Waals surface area contributed by atoms with Crippen LogP contribution in [0.15, 0.2) is 27.8 Å². The van der Waals surface area contributed by atoms with Gasteiger partial charge in [0.2, 0.25) is 0 Å². The van der Waals surface area contributed by atoms with Gasteiger partial charge in [-0.05, 0) is 40.5 Å². The van der Waals surface area contributed by atoms with E-state index < -0.39 is 12.0 Å². The van der Waals surface area contributed by atoms with Crippen LogP contribution in [0.1, 0.15) is 32.8 Å². The molecule has 0 saturated heterocycles. The van der Waals surface area contributed by atoms with E-state index in [2.05, 4.69) is 45.6 Å². The van der Waals surface area contributed by atoms with Crippen LogP contribution in [0.4, 0.5) is 4.79 Å². The number of nitrogens with one attached hydrogen (secondary N) is 2. The zero-order valence-electron chi connectivity index (χ0n) is 17.4. The summed E-state index contributed by atoms with van der Waals surface area (Å²) in [6.45, 7) is 7.26. The van der Waals surface area contributed by atoms with Crippen LogP contribution in [0.25, 0.3) is 0 Å². The second kappa shape index (κ2) is 18.2. The summed E-state index contributed by atoms with van der Waals surface area (Å²) in [6.07, 6.45) is 0.967. The molecule has 1 rings (SSSR count). The number of rotatable bonds is 11. The molecule has 1 aromatic rings. The molecule has 0 heterocycles. The number of amides is 2. The van der Waals surface area contributed by atoms with E-state index in [1.165, 1.54) is 12.5 Å². The van der Waals surface area contributed by atoms with E-state index in [1.54, 1.807) is 40.6 Å². The maximum absolute atomic E-state index is 12.1. The SMILES string of the molecule is CCC.CCOC(=O)NCCSSCCNC(=O)/C(Cc1ccc(O)c(Br)c1)=N/O. The molecule has 30 heavy (non-hydrogen) atoms. The molecule has 1 aromatic carbocycles. The van der Waals surface area contributed by atoms with Crippen molar-refractivity contribution >= 4 is 55.2 Å². The lowest BCUT2D eigenvalue weighted by atomic mass is 10.1. The van der Waals surface area contributed by atoms with Crippen LogP contribution in [-0.4, -0.2) is 59.2 Å². The maximum Gasteiger partial charge on any atom is 0.407 e. The highest BCUT2D eigenvalue weighted by Crippen LogP contribution is 2.24. The van der Waals surface area contributed by atoms with E-state index in [9.17, 15) is 14.7 Å². The number of halogens is 1. The number of benzene rings is 1. The quantitative estimate of drug-likeness (QED) is 0.113. The first kappa shape index (κ1) is 28.4. The van der Waals surface area contributed by atoms with Gasteiger partial charge in [-0.2, -0.15) is 0 Å². The number of hydrogen-bond donors (Lipinski definition) is 4. The van der Waals surface area contributed by atoms with Gasteiger partial charge in [-0.15, -0.1) is 0 Å². The Morgan fingerprint density at radius 1 is 1.13 bits per heavy atom. The van der Waals surface area contributed by atoms with Gasteiger partial charge in [-0.25, -0.2) is 4.79 Å². The second-order valence-corrected chi connectivity index (χ2v) is 9.32. The van der Waals surface area contributed by atoms with Gasteiger partial charge in [0.15, 0.2) is 0 Å². The molecule has 0 aromatic heterocycles. The Balaban J connectivity index is 0.00000263. The Kier molecular flexibility index (Phi) is 17.2. The molecule has 0 atom stereocenters. The summed E-state index contributed by atoms with van der Waals surface area (Å²) < 4.78 is 5.24. The second-order valence-electron chi connectivity index (χ2n) is 5.76. The van der Waals surface area contributed by atoms with Crippen molar-refractivity contribution in [3.05, 3.63) is 28.2 Å². The number of carbonyl (C=O) groups is 2. The molecule has 0 spiro atoms. The van der Waals surface area contributed by atoms with Crippen molar-refractivity contribution in [3.8, 4) is 5.75 Å². The normalized spacial score (nSPS) is 10.6. The molecule has 0 saturated carbocycles. The van der Waals surface area contributed by atoms with E-state index in [-0.39, 0.29) is 17.9 Å². The minimum Gasteiger partial charge on any atom is -0.507 e. The molecule has 2 amide bonds. The van der Waals surface area contributed by atoms with Crippen LogP contribution in [0.5, 0.6) is 5.75 Å². The Labute approximate surface area is 194 Å². The molecule has 0 radical (unpaired) electrons. The Bertz CT molecular complexity index is 678. The molecular formula is C19H30BrN3O5S2. The van der Waals surface area contributed by atoms with Crippen LogP contribution >= 0.6 is 37.5 Å². The molecule has 8 nitrogen and oxygen atoms in total. The van der Waals surface area contributed by atoms with Crippen molar-refractivity contribution < 1.29 is 24.6 Å². The highest BCUT2D eigenvalue weighted by atomic mass is 79.9. The topological polar surface area (TPSA) is 120 Å². The molecule has 11 heteroatoms. The number of alkyl carbamates (subject to hydrolysis) is 1. The van der Waals surface area contributed by atoms with Gasteiger partial charge in [0.25, 0.3) is 5.91 Å². The highest BCUT2D eigenvalue weighted by Gasteiger charge is 2.13. The number of aromatic hydroxyl groups is 1. The fraction of sp³-hybridized carbons (Fsp3) is 0.526. The standard InChI is InChI=1S/C16H22BrN3O5S2.C3H8/c1-2-25-16(23)19-6-8-27-26-7-5-18-15(22)13(20-24)10-11-3-4-14(21)12(17)9-11;1-3-2/h3-4,9,21,24H,2,5-8,10H2,1H3,(H,18,22)(H,19,23);3H2,1-2H3/b20-13+;. The smallest absolute Gasteiger partial charge is 0.407 e. The van der Waals surface area contributed by atoms with Crippen molar-refractivity contribution in [2.45, 2.75) is 33.6 Å². The van der Waals surface area contributed by atoms with E-state index in [0.717, 1.165) is 11.3 Å². The fourth-order valence-electron chi connectivity index (χ4n) is 1.82. The van der Waals surface area contributed by atoms with Crippen LogP contribution < -0.4 is 10.6 Å². The van der Waals surface area contributed by atoms with Crippen molar-refractivity contribution in [3.63, 3.8) is 0 Å². The first-order chi connectivity index (χ1) is 14.4. The number of carbonyl (C=O) groups excluding carboxylic acids is 2. The van der Waals surface area contributed by atoms with Crippen LogP contribution in [-0.2, 0) is 16.0 Å². The lowest BCUT2D eigenvalue weighted by Crippen LogP contribution is -2.33. The molecule has 0 aliphatic rings. The number of hydrogen-bond acceptors (Lipinski definition) is 8. The largest absolute Gasteiger partial charge is 0.507 e. The summed E-state index contributed by atoms with van der Waals surface area (Å²) in [7, 11) is 3.13. The number of oxime groups is 1. The summed E-state index contributed by atoms with van der Waals surface area (Å²) in [5.41, 5.74) is 0.713. The van der Waals surface area contributed by atoms with E-state index >= 15 is 0 Å². The molecular weight excluding hydrogens is 494 g/mol. The van der Waals surface area contributed by atoms with Gasteiger partial charge in [-0.3, -0.25) is 4.79 Å². The van der Waals surface area contributed by atoms with Gasteiger partial charge >= 0.3 is 6.09 Å². The predicted molar refractivity (Wildman–Crippen MR) is 128 cm³/mol. The minimum atomic E-state index is -0.448. The zero-order chi connectivity index (χ0) is 22.8. The molecule has 0 fully saturated rings. The van der Waals surface area contributed by atoms with Gasteiger partial charge in [0, 0.05) is 31.0 Å². The summed E-state index contributed by atoms with van der Waals surface area (Å²) >= 11 is 3.20. The third-order valence-corrected chi connectivity index (χ3v) is 6.09. The number of phenolic OH excluding ortho intramolecular Hbond substituents is 1. The van der Waals surface area contributed by atoms with Gasteiger partial charge in [0.05, 0.1) is 11.1 Å². The fourth-order valence-corrected chi connectivity index (χ4v) is 4.06. The molecule has 0 aliphatic carbocycles. The third-order valence-electron chi connectivity index (χ3n) is 3.05. The molecule has 0 unspecified atom stereocenters. The Morgan fingerprint density at radius 3 is 2.27 bits per heavy atom. The molecule has 0 aliphatic heterocycles. The Hall–Kier alpha value is -1.59. The maximum atomic E-state index is 12.1. The van der Waals surface area contributed by atoms with Crippen molar-refractivity contribution in [2.75, 3.05) is 31.2 Å². The lowest BCUT2D eigenvalue weighted by Gasteiger charge is -2.08. The molecule has 0 bridgehead atoms. The van der Waals surface area contributed by atoms with E-state index in [1.807, 2.05) is 0 Å². The number of nitrogens with zero attached hydrogens (tertiary/aromatic N) is 1. The van der Waals surface area contributed by atoms with E-state index in [0.29, 0.717) is 29.9 Å². The van der Waals surface area contributed by atoms with Gasteiger partial charge in [-0.1, -0.05) is 53.1 Å². The Morgan fingerprint density at radius 2 is 1.73 bits per heavy atom. The third kappa shape index (κ3) is 13.6. The summed E-state index contributed by atoms with van der Waals surface area (Å²) in [4.78, 5) is 23.1. The zero-order valence-corrected chi connectivity index (χ0v) is 20.7. The van der Waals surface area contributed by atoms with Gasteiger partial charge < -0.3 is 25.7 Å². The first-order valence-corrected chi connectivity index (χ1v) is 12.8. The average molecular weight is 525 g/mol. The predicted octanol–water partition coefficient (Wildman–Crippen LogP) is 4.19. The van der Waals surface area contributed by atoms with Crippen LogP contribution in [0, 0.1) is 0 Å². The number of phenols is 1. The van der Waals surface area contributed by atoms with E-state index in [4.69, 9.17) is 9.94 Å². The summed E-state index contributed by atoms with van der Waals surface area (Å²) in [5, 5.41) is 26.9. The highest BCUT2D eigenvalue weighted by molar-refractivity contribution is 9.10.